The number of halogens is 5. The van der Waals surface area contributed by atoms with Crippen molar-refractivity contribution in [3.63, 3.8) is 0 Å². The summed E-state index contributed by atoms with van der Waals surface area (Å²) in [5.74, 6) is 0.910. The van der Waals surface area contributed by atoms with E-state index in [1.807, 2.05) is 6.07 Å². The summed E-state index contributed by atoms with van der Waals surface area (Å²) in [7, 11) is 0. The van der Waals surface area contributed by atoms with E-state index in [1.165, 1.54) is 0 Å². The van der Waals surface area contributed by atoms with Crippen LogP contribution in [0.4, 0.5) is 13.2 Å². The van der Waals surface area contributed by atoms with Gasteiger partial charge in [-0.15, -0.1) is 11.6 Å². The molecular formula is C13H13BrClF3N2. The van der Waals surface area contributed by atoms with E-state index in [4.69, 9.17) is 11.6 Å². The number of aryl methyl sites for hydroxylation is 1. The highest BCUT2D eigenvalue weighted by molar-refractivity contribution is 9.10. The fourth-order valence-electron chi connectivity index (χ4n) is 2.29. The topological polar surface area (TPSA) is 17.8 Å². The van der Waals surface area contributed by atoms with Crippen molar-refractivity contribution in [1.82, 2.24) is 9.55 Å². The molecule has 0 radical (unpaired) electrons. The van der Waals surface area contributed by atoms with Gasteiger partial charge in [0.2, 0.25) is 0 Å². The molecule has 0 amide bonds. The second kappa shape index (κ2) is 5.93. The van der Waals surface area contributed by atoms with Crippen LogP contribution in [0.5, 0.6) is 0 Å². The summed E-state index contributed by atoms with van der Waals surface area (Å²) in [4.78, 5) is 4.38. The van der Waals surface area contributed by atoms with Gasteiger partial charge in [0, 0.05) is 22.8 Å². The maximum absolute atomic E-state index is 12.6. The van der Waals surface area contributed by atoms with Gasteiger partial charge in [-0.05, 0) is 25.1 Å². The smallest absolute Gasteiger partial charge is 0.325 e. The summed E-state index contributed by atoms with van der Waals surface area (Å²) in [6.45, 7) is 1.55. The molecule has 1 unspecified atom stereocenters. The summed E-state index contributed by atoms with van der Waals surface area (Å²) in [5, 5.41) is 0. The molecule has 0 aliphatic rings. The molecule has 2 aromatic rings. The molecule has 110 valence electrons. The highest BCUT2D eigenvalue weighted by Crippen LogP contribution is 2.32. The molecule has 0 saturated carbocycles. The van der Waals surface area contributed by atoms with Crippen LogP contribution in [-0.4, -0.2) is 21.6 Å². The van der Waals surface area contributed by atoms with Crippen molar-refractivity contribution in [2.45, 2.75) is 32.0 Å². The number of nitrogens with zero attached hydrogens (tertiary/aromatic N) is 2. The van der Waals surface area contributed by atoms with Gasteiger partial charge in [0.15, 0.2) is 0 Å². The Morgan fingerprint density at radius 1 is 1.40 bits per heavy atom. The van der Waals surface area contributed by atoms with Gasteiger partial charge < -0.3 is 4.57 Å². The quantitative estimate of drug-likeness (QED) is 0.686. The first-order chi connectivity index (χ1) is 9.31. The third-order valence-corrected chi connectivity index (χ3v) is 3.69. The first-order valence-electron chi connectivity index (χ1n) is 6.11. The van der Waals surface area contributed by atoms with E-state index in [0.29, 0.717) is 29.2 Å². The second-order valence-electron chi connectivity index (χ2n) is 4.64. The van der Waals surface area contributed by atoms with Crippen LogP contribution in [0.25, 0.3) is 11.0 Å². The van der Waals surface area contributed by atoms with Crippen molar-refractivity contribution in [1.29, 1.82) is 0 Å². The third-order valence-electron chi connectivity index (χ3n) is 3.01. The van der Waals surface area contributed by atoms with Gasteiger partial charge in [0.05, 0.1) is 17.5 Å². The predicted octanol–water partition coefficient (Wildman–Crippen LogP) is 5.09. The molecule has 0 aliphatic carbocycles. The van der Waals surface area contributed by atoms with Crippen LogP contribution >= 0.6 is 27.5 Å². The maximum Gasteiger partial charge on any atom is 0.391 e. The van der Waals surface area contributed by atoms with Gasteiger partial charge in [-0.3, -0.25) is 0 Å². The van der Waals surface area contributed by atoms with Crippen LogP contribution in [0.15, 0.2) is 22.7 Å². The molecule has 0 fully saturated rings. The first kappa shape index (κ1) is 15.6. The molecule has 2 nitrogen and oxygen atoms in total. The summed E-state index contributed by atoms with van der Waals surface area (Å²) < 4.78 is 40.3. The number of imidazole rings is 1. The van der Waals surface area contributed by atoms with E-state index in [1.54, 1.807) is 23.6 Å². The molecule has 0 saturated heterocycles. The highest BCUT2D eigenvalue weighted by Gasteiger charge is 2.32. The second-order valence-corrected chi connectivity index (χ2v) is 5.93. The van der Waals surface area contributed by atoms with Crippen molar-refractivity contribution in [2.24, 2.45) is 0 Å². The fraction of sp³-hybridized carbons (Fsp3) is 0.462. The summed E-state index contributed by atoms with van der Waals surface area (Å²) in [5.41, 5.74) is 1.37. The minimum Gasteiger partial charge on any atom is -0.325 e. The van der Waals surface area contributed by atoms with Crippen LogP contribution in [0.3, 0.4) is 0 Å². The first-order valence-corrected chi connectivity index (χ1v) is 7.43. The Hall–Kier alpha value is -0.750. The minimum absolute atomic E-state index is 0.323. The molecule has 7 heteroatoms. The molecule has 1 heterocycles. The van der Waals surface area contributed by atoms with E-state index in [9.17, 15) is 13.2 Å². The molecular weight excluding hydrogens is 357 g/mol. The molecule has 0 spiro atoms. The Kier molecular flexibility index (Phi) is 4.64. The molecule has 1 aromatic heterocycles. The number of hydrogen-bond acceptors (Lipinski definition) is 1. The number of fused-ring (bicyclic) bond motifs is 1. The zero-order chi connectivity index (χ0) is 14.9. The molecule has 2 rings (SSSR count). The Bertz CT molecular complexity index is 609. The Morgan fingerprint density at radius 2 is 2.10 bits per heavy atom. The van der Waals surface area contributed by atoms with E-state index in [-0.39, 0.29) is 0 Å². The number of hydrogen-bond donors (Lipinski definition) is 0. The Labute approximate surface area is 128 Å². The van der Waals surface area contributed by atoms with Gasteiger partial charge in [-0.2, -0.15) is 13.2 Å². The van der Waals surface area contributed by atoms with Crippen molar-refractivity contribution in [3.05, 3.63) is 28.5 Å². The molecule has 0 aliphatic heterocycles. The van der Waals surface area contributed by atoms with Gasteiger partial charge in [0.25, 0.3) is 0 Å². The molecule has 1 aromatic carbocycles. The largest absolute Gasteiger partial charge is 0.391 e. The zero-order valence-electron chi connectivity index (χ0n) is 10.7. The van der Waals surface area contributed by atoms with Crippen LogP contribution in [-0.2, 0) is 6.42 Å². The monoisotopic (exact) mass is 368 g/mol. The van der Waals surface area contributed by atoms with Crippen molar-refractivity contribution in [3.8, 4) is 0 Å². The van der Waals surface area contributed by atoms with E-state index in [0.717, 1.165) is 4.47 Å². The number of rotatable bonds is 4. The molecule has 20 heavy (non-hydrogen) atoms. The SMILES string of the molecule is CC(CC(F)(F)F)n1c(CCCl)nc2ccc(Br)cc21. The fourth-order valence-corrected chi connectivity index (χ4v) is 2.81. The average Bonchev–Trinajstić information content (AvgIpc) is 2.64. The lowest BCUT2D eigenvalue weighted by Gasteiger charge is -2.19. The van der Waals surface area contributed by atoms with Crippen LogP contribution < -0.4 is 0 Å². The van der Waals surface area contributed by atoms with Gasteiger partial charge >= 0.3 is 6.18 Å². The Morgan fingerprint density at radius 3 is 2.70 bits per heavy atom. The van der Waals surface area contributed by atoms with Crippen LogP contribution in [0, 0.1) is 0 Å². The summed E-state index contributed by atoms with van der Waals surface area (Å²) >= 11 is 9.06. The Balaban J connectivity index is 2.52. The van der Waals surface area contributed by atoms with Crippen LogP contribution in [0.1, 0.15) is 25.2 Å². The van der Waals surface area contributed by atoms with Crippen molar-refractivity contribution >= 4 is 38.6 Å². The van der Waals surface area contributed by atoms with Gasteiger partial charge in [0.1, 0.15) is 5.82 Å². The lowest BCUT2D eigenvalue weighted by atomic mass is 10.2. The van der Waals surface area contributed by atoms with E-state index in [2.05, 4.69) is 20.9 Å². The maximum atomic E-state index is 12.6. The lowest BCUT2D eigenvalue weighted by molar-refractivity contribution is -0.141. The zero-order valence-corrected chi connectivity index (χ0v) is 13.1. The number of benzene rings is 1. The molecule has 1 atom stereocenters. The third kappa shape index (κ3) is 3.47. The standard InChI is InChI=1S/C13H13BrClF3N2/c1-8(7-13(16,17)18)20-11-6-9(14)2-3-10(11)19-12(20)4-5-15/h2-3,6,8H,4-5,7H2,1H3. The molecule has 0 N–H and O–H groups in total. The number of alkyl halides is 4. The summed E-state index contributed by atoms with van der Waals surface area (Å²) in [6.07, 6.45) is -4.66. The normalized spacial score (nSPS) is 13.9. The van der Waals surface area contributed by atoms with E-state index < -0.39 is 18.6 Å². The van der Waals surface area contributed by atoms with Crippen molar-refractivity contribution < 1.29 is 13.2 Å². The molecule has 0 bridgehead atoms. The predicted molar refractivity (Wildman–Crippen MR) is 77.2 cm³/mol. The van der Waals surface area contributed by atoms with Crippen LogP contribution in [0.2, 0.25) is 0 Å². The average molecular weight is 370 g/mol. The van der Waals surface area contributed by atoms with Gasteiger partial charge in [-0.1, -0.05) is 15.9 Å². The van der Waals surface area contributed by atoms with Crippen molar-refractivity contribution in [2.75, 3.05) is 5.88 Å². The lowest BCUT2D eigenvalue weighted by Crippen LogP contribution is -2.18. The summed E-state index contributed by atoms with van der Waals surface area (Å²) in [6, 6.07) is 4.67. The minimum atomic E-state index is -4.21. The van der Waals surface area contributed by atoms with Gasteiger partial charge in [-0.25, -0.2) is 4.98 Å². The number of aromatic nitrogens is 2. The highest BCUT2D eigenvalue weighted by atomic mass is 79.9. The van der Waals surface area contributed by atoms with E-state index >= 15 is 0 Å².